The van der Waals surface area contributed by atoms with E-state index in [1.807, 2.05) is 30.3 Å². The van der Waals surface area contributed by atoms with Gasteiger partial charge < -0.3 is 14.9 Å². The van der Waals surface area contributed by atoms with Crippen LogP contribution in [0.2, 0.25) is 0 Å². The van der Waals surface area contributed by atoms with Gasteiger partial charge in [0.15, 0.2) is 0 Å². The van der Waals surface area contributed by atoms with E-state index in [2.05, 4.69) is 0 Å². The maximum atomic E-state index is 9.23. The molecule has 78 valence electrons. The van der Waals surface area contributed by atoms with Crippen molar-refractivity contribution in [3.8, 4) is 0 Å². The summed E-state index contributed by atoms with van der Waals surface area (Å²) in [4.78, 5) is 0. The molecule has 0 saturated carbocycles. The molecule has 0 amide bonds. The Bertz CT molecular complexity index is 246. The van der Waals surface area contributed by atoms with Gasteiger partial charge in [0.25, 0.3) is 0 Å². The van der Waals surface area contributed by atoms with Crippen LogP contribution in [0.15, 0.2) is 30.3 Å². The van der Waals surface area contributed by atoms with Gasteiger partial charge in [0.05, 0.1) is 19.3 Å². The maximum Gasteiger partial charge on any atom is 0.103 e. The predicted molar refractivity (Wildman–Crippen MR) is 53.8 cm³/mol. The number of hydrogen-bond acceptors (Lipinski definition) is 3. The average molecular weight is 196 g/mol. The predicted octanol–water partition coefficient (Wildman–Crippen LogP) is 0.945. The monoisotopic (exact) mass is 196 g/mol. The quantitative estimate of drug-likeness (QED) is 0.737. The molecule has 1 aromatic rings. The van der Waals surface area contributed by atoms with Crippen LogP contribution in [-0.2, 0) is 11.3 Å². The van der Waals surface area contributed by atoms with E-state index in [0.717, 1.165) is 5.56 Å². The van der Waals surface area contributed by atoms with E-state index in [9.17, 15) is 5.11 Å². The van der Waals surface area contributed by atoms with Crippen LogP contribution in [0, 0.1) is 0 Å². The lowest BCUT2D eigenvalue weighted by atomic mass is 10.2. The van der Waals surface area contributed by atoms with E-state index in [-0.39, 0.29) is 6.61 Å². The molecule has 1 unspecified atom stereocenters. The van der Waals surface area contributed by atoms with E-state index in [4.69, 9.17) is 9.84 Å². The molecule has 0 spiro atoms. The molecule has 0 bridgehead atoms. The van der Waals surface area contributed by atoms with Gasteiger partial charge in [-0.2, -0.15) is 0 Å². The van der Waals surface area contributed by atoms with Crippen molar-refractivity contribution in [2.45, 2.75) is 25.7 Å². The number of aliphatic hydroxyl groups is 2. The Hall–Kier alpha value is -0.900. The zero-order chi connectivity index (χ0) is 10.4. The lowest BCUT2D eigenvalue weighted by Crippen LogP contribution is -2.27. The van der Waals surface area contributed by atoms with Gasteiger partial charge in [-0.1, -0.05) is 30.3 Å². The average Bonchev–Trinajstić information content (AvgIpc) is 2.19. The highest BCUT2D eigenvalue weighted by molar-refractivity contribution is 5.13. The summed E-state index contributed by atoms with van der Waals surface area (Å²) < 4.78 is 5.23. The molecule has 0 aliphatic rings. The zero-order valence-electron chi connectivity index (χ0n) is 8.26. The van der Waals surface area contributed by atoms with Crippen LogP contribution in [0.25, 0.3) is 0 Å². The third kappa shape index (κ3) is 3.87. The molecule has 2 N–H and O–H groups in total. The molecule has 3 nitrogen and oxygen atoms in total. The third-order valence-corrected chi connectivity index (χ3v) is 1.96. The van der Waals surface area contributed by atoms with Gasteiger partial charge in [0.1, 0.15) is 6.10 Å². The first-order valence-corrected chi connectivity index (χ1v) is 4.68. The smallest absolute Gasteiger partial charge is 0.103 e. The van der Waals surface area contributed by atoms with Crippen molar-refractivity contribution in [1.29, 1.82) is 0 Å². The summed E-state index contributed by atoms with van der Waals surface area (Å²) in [6.07, 6.45) is -1.55. The molecule has 0 radical (unpaired) electrons. The Kier molecular flexibility index (Phi) is 4.59. The Morgan fingerprint density at radius 1 is 1.21 bits per heavy atom. The Balaban J connectivity index is 2.22. The van der Waals surface area contributed by atoms with Gasteiger partial charge in [0, 0.05) is 0 Å². The highest BCUT2D eigenvalue weighted by Crippen LogP contribution is 2.01. The number of hydrogen-bond donors (Lipinski definition) is 2. The topological polar surface area (TPSA) is 49.7 Å². The Labute approximate surface area is 84.0 Å². The lowest BCUT2D eigenvalue weighted by molar-refractivity contribution is -0.0349. The van der Waals surface area contributed by atoms with Gasteiger partial charge in [-0.15, -0.1) is 0 Å². The van der Waals surface area contributed by atoms with Crippen molar-refractivity contribution in [3.05, 3.63) is 35.9 Å². The minimum atomic E-state index is -0.807. The summed E-state index contributed by atoms with van der Waals surface area (Å²) in [7, 11) is 0. The SMILES string of the molecule is C[C@@H](O)C(O)COCc1ccccc1. The number of rotatable bonds is 5. The molecule has 0 heterocycles. The largest absolute Gasteiger partial charge is 0.391 e. The summed E-state index contributed by atoms with van der Waals surface area (Å²) in [5, 5.41) is 18.2. The molecule has 3 heteroatoms. The Morgan fingerprint density at radius 3 is 2.43 bits per heavy atom. The van der Waals surface area contributed by atoms with Crippen LogP contribution in [0.5, 0.6) is 0 Å². The minimum Gasteiger partial charge on any atom is -0.391 e. The van der Waals surface area contributed by atoms with Crippen molar-refractivity contribution >= 4 is 0 Å². The summed E-state index contributed by atoms with van der Waals surface area (Å²) in [5.74, 6) is 0. The van der Waals surface area contributed by atoms with Crippen LogP contribution < -0.4 is 0 Å². The first-order valence-electron chi connectivity index (χ1n) is 4.68. The van der Waals surface area contributed by atoms with E-state index in [0.29, 0.717) is 6.61 Å². The molecule has 0 aliphatic carbocycles. The molecule has 0 saturated heterocycles. The van der Waals surface area contributed by atoms with Crippen molar-refractivity contribution in [1.82, 2.24) is 0 Å². The first-order chi connectivity index (χ1) is 6.70. The highest BCUT2D eigenvalue weighted by Gasteiger charge is 2.10. The normalized spacial score (nSPS) is 15.1. The fourth-order valence-corrected chi connectivity index (χ4v) is 1.01. The van der Waals surface area contributed by atoms with Gasteiger partial charge in [-0.05, 0) is 12.5 Å². The fourth-order valence-electron chi connectivity index (χ4n) is 1.01. The van der Waals surface area contributed by atoms with Crippen molar-refractivity contribution in [3.63, 3.8) is 0 Å². The molecule has 2 atom stereocenters. The molecule has 1 rings (SSSR count). The third-order valence-electron chi connectivity index (χ3n) is 1.96. The first kappa shape index (κ1) is 11.2. The molecule has 1 aromatic carbocycles. The van der Waals surface area contributed by atoms with E-state index in [1.54, 1.807) is 0 Å². The van der Waals surface area contributed by atoms with Crippen LogP contribution >= 0.6 is 0 Å². The van der Waals surface area contributed by atoms with Crippen LogP contribution in [-0.4, -0.2) is 29.0 Å². The van der Waals surface area contributed by atoms with Crippen molar-refractivity contribution < 1.29 is 14.9 Å². The number of benzene rings is 1. The van der Waals surface area contributed by atoms with Crippen molar-refractivity contribution in [2.75, 3.05) is 6.61 Å². The molecule has 0 aromatic heterocycles. The van der Waals surface area contributed by atoms with Gasteiger partial charge in [-0.3, -0.25) is 0 Å². The fraction of sp³-hybridized carbons (Fsp3) is 0.455. The maximum absolute atomic E-state index is 9.23. The molecule has 14 heavy (non-hydrogen) atoms. The van der Waals surface area contributed by atoms with Crippen molar-refractivity contribution in [2.24, 2.45) is 0 Å². The van der Waals surface area contributed by atoms with E-state index < -0.39 is 12.2 Å². The number of ether oxygens (including phenoxy) is 1. The highest BCUT2D eigenvalue weighted by atomic mass is 16.5. The second kappa shape index (κ2) is 5.75. The van der Waals surface area contributed by atoms with Crippen LogP contribution in [0.4, 0.5) is 0 Å². The summed E-state index contributed by atoms with van der Waals surface area (Å²) >= 11 is 0. The number of aliphatic hydroxyl groups excluding tert-OH is 2. The van der Waals surface area contributed by atoms with Crippen LogP contribution in [0.3, 0.4) is 0 Å². The van der Waals surface area contributed by atoms with E-state index >= 15 is 0 Å². The summed E-state index contributed by atoms with van der Waals surface area (Å²) in [6, 6.07) is 9.71. The van der Waals surface area contributed by atoms with Gasteiger partial charge in [0.2, 0.25) is 0 Å². The van der Waals surface area contributed by atoms with E-state index in [1.165, 1.54) is 6.92 Å². The lowest BCUT2D eigenvalue weighted by Gasteiger charge is -2.13. The second-order valence-corrected chi connectivity index (χ2v) is 3.31. The minimum absolute atomic E-state index is 0.159. The second-order valence-electron chi connectivity index (χ2n) is 3.31. The van der Waals surface area contributed by atoms with Gasteiger partial charge >= 0.3 is 0 Å². The molecule has 0 fully saturated rings. The molecule has 0 aliphatic heterocycles. The van der Waals surface area contributed by atoms with Crippen LogP contribution in [0.1, 0.15) is 12.5 Å². The molecular weight excluding hydrogens is 180 g/mol. The zero-order valence-corrected chi connectivity index (χ0v) is 8.26. The summed E-state index contributed by atoms with van der Waals surface area (Å²) in [5.41, 5.74) is 1.06. The Morgan fingerprint density at radius 2 is 1.86 bits per heavy atom. The molecular formula is C11H16O3. The summed E-state index contributed by atoms with van der Waals surface area (Å²) in [6.45, 7) is 2.16. The van der Waals surface area contributed by atoms with Gasteiger partial charge in [-0.25, -0.2) is 0 Å². The standard InChI is InChI=1S/C11H16O3/c1-9(12)11(13)8-14-7-10-5-3-2-4-6-10/h2-6,9,11-13H,7-8H2,1H3/t9-,11?/m1/s1.